The van der Waals surface area contributed by atoms with E-state index in [0.29, 0.717) is 19.4 Å². The average molecular weight is 260 g/mol. The fraction of sp³-hybridized carbons (Fsp3) is 0.818. The summed E-state index contributed by atoms with van der Waals surface area (Å²) in [7, 11) is 0. The van der Waals surface area contributed by atoms with Crippen molar-refractivity contribution in [1.29, 1.82) is 0 Å². The minimum absolute atomic E-state index is 0.121. The molecule has 0 aromatic rings. The number of carboxylic acids is 1. The maximum atomic E-state index is 12.0. The summed E-state index contributed by atoms with van der Waals surface area (Å²) in [4.78, 5) is 24.6. The van der Waals surface area contributed by atoms with Gasteiger partial charge in [0.15, 0.2) is 0 Å². The van der Waals surface area contributed by atoms with Crippen LogP contribution in [-0.4, -0.2) is 53.0 Å². The minimum Gasteiger partial charge on any atom is -0.481 e. The van der Waals surface area contributed by atoms with E-state index in [9.17, 15) is 9.59 Å². The highest BCUT2D eigenvalue weighted by atomic mass is 32.2. The van der Waals surface area contributed by atoms with E-state index in [4.69, 9.17) is 10.8 Å². The molecule has 1 aliphatic rings. The molecule has 1 saturated heterocycles. The first-order valence-corrected chi connectivity index (χ1v) is 7.07. The minimum atomic E-state index is -0.842. The number of likely N-dealkylation sites (tertiary alicyclic amines) is 1. The van der Waals surface area contributed by atoms with Gasteiger partial charge in [0.25, 0.3) is 0 Å². The van der Waals surface area contributed by atoms with Gasteiger partial charge in [0.05, 0.1) is 11.5 Å². The lowest BCUT2D eigenvalue weighted by Crippen LogP contribution is -2.44. The predicted octanol–water partition coefficient (Wildman–Crippen LogP) is 0.390. The molecule has 1 unspecified atom stereocenters. The molecule has 0 aliphatic carbocycles. The van der Waals surface area contributed by atoms with Gasteiger partial charge in [-0.3, -0.25) is 9.59 Å². The number of carbonyl (C=O) groups is 2. The number of nitrogens with zero attached hydrogens (tertiary/aromatic N) is 1. The summed E-state index contributed by atoms with van der Waals surface area (Å²) in [6, 6.07) is -0.501. The fourth-order valence-corrected chi connectivity index (χ4v) is 2.42. The summed E-state index contributed by atoms with van der Waals surface area (Å²) in [6.45, 7) is 2.44. The molecule has 3 N–H and O–H groups in total. The van der Waals surface area contributed by atoms with E-state index < -0.39 is 17.4 Å². The van der Waals surface area contributed by atoms with Crippen LogP contribution < -0.4 is 5.73 Å². The van der Waals surface area contributed by atoms with E-state index >= 15 is 0 Å². The largest absolute Gasteiger partial charge is 0.481 e. The van der Waals surface area contributed by atoms with Crippen molar-refractivity contribution in [3.05, 3.63) is 0 Å². The molecule has 1 fully saturated rings. The Hall–Kier alpha value is -0.750. The van der Waals surface area contributed by atoms with E-state index in [-0.39, 0.29) is 12.5 Å². The predicted molar refractivity (Wildman–Crippen MR) is 67.9 cm³/mol. The van der Waals surface area contributed by atoms with Gasteiger partial charge >= 0.3 is 5.97 Å². The Kier molecular flexibility index (Phi) is 4.82. The number of nitrogens with two attached hydrogens (primary N) is 1. The molecule has 5 nitrogen and oxygen atoms in total. The normalized spacial score (nSPS) is 25.9. The molecule has 0 aromatic carbocycles. The fourth-order valence-electron chi connectivity index (χ4n) is 1.93. The summed E-state index contributed by atoms with van der Waals surface area (Å²) >= 11 is 1.65. The van der Waals surface area contributed by atoms with Crippen LogP contribution in [0.25, 0.3) is 0 Å². The van der Waals surface area contributed by atoms with Crippen LogP contribution in [0.3, 0.4) is 0 Å². The number of hydrogen-bond donors (Lipinski definition) is 2. The SMILES string of the molecule is CSCC[C@H](N)C(=O)N1CCC(C)(C(=O)O)C1. The lowest BCUT2D eigenvalue weighted by Gasteiger charge is -2.22. The highest BCUT2D eigenvalue weighted by Gasteiger charge is 2.42. The molecule has 0 spiro atoms. The van der Waals surface area contributed by atoms with Gasteiger partial charge in [-0.15, -0.1) is 0 Å². The van der Waals surface area contributed by atoms with Gasteiger partial charge in [0, 0.05) is 13.1 Å². The van der Waals surface area contributed by atoms with Gasteiger partial charge in [-0.25, -0.2) is 0 Å². The van der Waals surface area contributed by atoms with Crippen molar-refractivity contribution in [2.24, 2.45) is 11.1 Å². The van der Waals surface area contributed by atoms with Crippen LogP contribution in [0.5, 0.6) is 0 Å². The number of carboxylic acid groups (broad SMARTS) is 1. The van der Waals surface area contributed by atoms with E-state index in [0.717, 1.165) is 5.75 Å². The third-order valence-corrected chi connectivity index (χ3v) is 3.90. The molecule has 6 heteroatoms. The molecule has 1 aliphatic heterocycles. The van der Waals surface area contributed by atoms with Crippen molar-refractivity contribution in [2.75, 3.05) is 25.1 Å². The van der Waals surface area contributed by atoms with Gasteiger partial charge in [0.2, 0.25) is 5.91 Å². The van der Waals surface area contributed by atoms with Gasteiger partial charge in [-0.05, 0) is 31.8 Å². The zero-order valence-electron chi connectivity index (χ0n) is 10.3. The van der Waals surface area contributed by atoms with Crippen molar-refractivity contribution in [3.8, 4) is 0 Å². The summed E-state index contributed by atoms with van der Waals surface area (Å²) in [5.41, 5.74) is 4.99. The number of amides is 1. The van der Waals surface area contributed by atoms with Crippen LogP contribution >= 0.6 is 11.8 Å². The van der Waals surface area contributed by atoms with E-state index in [1.54, 1.807) is 23.6 Å². The first-order chi connectivity index (χ1) is 7.90. The number of aliphatic carboxylic acids is 1. The van der Waals surface area contributed by atoms with Crippen LogP contribution in [-0.2, 0) is 9.59 Å². The zero-order valence-corrected chi connectivity index (χ0v) is 11.1. The monoisotopic (exact) mass is 260 g/mol. The van der Waals surface area contributed by atoms with Crippen molar-refractivity contribution in [1.82, 2.24) is 4.90 Å². The Labute approximate surface area is 106 Å². The number of carbonyl (C=O) groups excluding carboxylic acids is 1. The van der Waals surface area contributed by atoms with Gasteiger partial charge in [-0.1, -0.05) is 0 Å². The Bertz CT molecular complexity index is 311. The summed E-state index contributed by atoms with van der Waals surface area (Å²) in [5, 5.41) is 9.08. The molecular weight excluding hydrogens is 240 g/mol. The topological polar surface area (TPSA) is 83.6 Å². The van der Waals surface area contributed by atoms with Crippen LogP contribution in [0.1, 0.15) is 19.8 Å². The first kappa shape index (κ1) is 14.3. The molecule has 1 rings (SSSR count). The van der Waals surface area contributed by atoms with Crippen LogP contribution in [0.4, 0.5) is 0 Å². The van der Waals surface area contributed by atoms with Crippen LogP contribution in [0, 0.1) is 5.41 Å². The average Bonchev–Trinajstić information content (AvgIpc) is 2.69. The van der Waals surface area contributed by atoms with Crippen molar-refractivity contribution in [2.45, 2.75) is 25.8 Å². The van der Waals surface area contributed by atoms with Gasteiger partial charge in [-0.2, -0.15) is 11.8 Å². The van der Waals surface area contributed by atoms with Gasteiger partial charge in [0.1, 0.15) is 0 Å². The Morgan fingerprint density at radius 3 is 2.71 bits per heavy atom. The van der Waals surface area contributed by atoms with Crippen LogP contribution in [0.15, 0.2) is 0 Å². The number of hydrogen-bond acceptors (Lipinski definition) is 4. The first-order valence-electron chi connectivity index (χ1n) is 5.67. The summed E-state index contributed by atoms with van der Waals surface area (Å²) < 4.78 is 0. The molecule has 17 heavy (non-hydrogen) atoms. The maximum Gasteiger partial charge on any atom is 0.311 e. The molecule has 98 valence electrons. The van der Waals surface area contributed by atoms with Crippen molar-refractivity contribution in [3.63, 3.8) is 0 Å². The second-order valence-electron chi connectivity index (χ2n) is 4.76. The molecule has 0 bridgehead atoms. The second kappa shape index (κ2) is 5.73. The molecule has 0 radical (unpaired) electrons. The summed E-state index contributed by atoms with van der Waals surface area (Å²) in [5.74, 6) is -0.119. The lowest BCUT2D eigenvalue weighted by atomic mass is 9.90. The molecule has 1 amide bonds. The Morgan fingerprint density at radius 1 is 1.59 bits per heavy atom. The third kappa shape index (κ3) is 3.35. The Balaban J connectivity index is 2.53. The number of thioether (sulfide) groups is 1. The highest BCUT2D eigenvalue weighted by molar-refractivity contribution is 7.98. The van der Waals surface area contributed by atoms with Gasteiger partial charge < -0.3 is 15.7 Å². The lowest BCUT2D eigenvalue weighted by molar-refractivity contribution is -0.147. The standard InChI is InChI=1S/C11H20N2O3S/c1-11(10(15)16)4-5-13(7-11)9(14)8(12)3-6-17-2/h8H,3-7,12H2,1-2H3,(H,15,16)/t8-,11?/m0/s1. The maximum absolute atomic E-state index is 12.0. The molecular formula is C11H20N2O3S. The zero-order chi connectivity index (χ0) is 13.1. The van der Waals surface area contributed by atoms with Crippen molar-refractivity contribution < 1.29 is 14.7 Å². The quantitative estimate of drug-likeness (QED) is 0.747. The molecule has 2 atom stereocenters. The highest BCUT2D eigenvalue weighted by Crippen LogP contribution is 2.30. The smallest absolute Gasteiger partial charge is 0.311 e. The van der Waals surface area contributed by atoms with E-state index in [1.807, 2.05) is 6.26 Å². The van der Waals surface area contributed by atoms with E-state index in [2.05, 4.69) is 0 Å². The van der Waals surface area contributed by atoms with E-state index in [1.165, 1.54) is 0 Å². The summed E-state index contributed by atoms with van der Waals surface area (Å²) in [6.07, 6.45) is 3.11. The number of rotatable bonds is 5. The van der Waals surface area contributed by atoms with Crippen LogP contribution in [0.2, 0.25) is 0 Å². The third-order valence-electron chi connectivity index (χ3n) is 3.25. The Morgan fingerprint density at radius 2 is 2.24 bits per heavy atom. The molecule has 0 saturated carbocycles. The molecule has 1 heterocycles. The molecule has 0 aromatic heterocycles. The second-order valence-corrected chi connectivity index (χ2v) is 5.75. The van der Waals surface area contributed by atoms with Crippen molar-refractivity contribution >= 4 is 23.6 Å².